The number of rotatable bonds is 7. The van der Waals surface area contributed by atoms with Gasteiger partial charge in [0.1, 0.15) is 11.4 Å². The molecule has 5 heteroatoms. The normalized spacial score (nSPS) is 11.0. The van der Waals surface area contributed by atoms with Gasteiger partial charge in [0.2, 0.25) is 0 Å². The van der Waals surface area contributed by atoms with E-state index in [0.717, 1.165) is 25.2 Å². The van der Waals surface area contributed by atoms with Gasteiger partial charge in [-0.05, 0) is 39.2 Å². The third-order valence-corrected chi connectivity index (χ3v) is 3.41. The lowest BCUT2D eigenvalue weighted by Gasteiger charge is -2.24. The summed E-state index contributed by atoms with van der Waals surface area (Å²) in [7, 11) is 5.88. The second-order valence-electron chi connectivity index (χ2n) is 5.45. The van der Waals surface area contributed by atoms with Gasteiger partial charge in [-0.15, -0.1) is 0 Å². The molecular formula is C16H21N3O2. The lowest BCUT2D eigenvalue weighted by Crippen LogP contribution is -2.41. The van der Waals surface area contributed by atoms with Crippen LogP contribution in [0.3, 0.4) is 0 Å². The van der Waals surface area contributed by atoms with E-state index in [9.17, 15) is 9.59 Å². The Morgan fingerprint density at radius 2 is 1.62 bits per heavy atom. The second kappa shape index (κ2) is 6.54. The topological polar surface area (TPSA) is 52.6 Å². The molecule has 112 valence electrons. The highest BCUT2D eigenvalue weighted by Gasteiger charge is 2.23. The predicted molar refractivity (Wildman–Crippen MR) is 87.5 cm³/mol. The Morgan fingerprint density at radius 3 is 2.24 bits per heavy atom. The van der Waals surface area contributed by atoms with Crippen LogP contribution in [-0.4, -0.2) is 39.1 Å². The Kier molecular flexibility index (Phi) is 4.75. The lowest BCUT2D eigenvalue weighted by atomic mass is 10.1. The number of nitrogens with zero attached hydrogens (tertiary/aromatic N) is 2. The van der Waals surface area contributed by atoms with Gasteiger partial charge in [0.15, 0.2) is 0 Å². The fourth-order valence-corrected chi connectivity index (χ4v) is 2.26. The first-order chi connectivity index (χ1) is 10.0. The molecular weight excluding hydrogens is 266 g/mol. The third kappa shape index (κ3) is 3.49. The molecule has 0 unspecified atom stereocenters. The van der Waals surface area contributed by atoms with Crippen molar-refractivity contribution >= 4 is 17.1 Å². The van der Waals surface area contributed by atoms with E-state index in [1.807, 2.05) is 56.4 Å². The van der Waals surface area contributed by atoms with Crippen molar-refractivity contribution in [1.29, 1.82) is 0 Å². The van der Waals surface area contributed by atoms with Crippen molar-refractivity contribution in [3.63, 3.8) is 0 Å². The highest BCUT2D eigenvalue weighted by Crippen LogP contribution is 2.23. The molecule has 1 N–H and O–H groups in total. The SMILES string of the molecule is CN(C)CCCN(C)c1c(Nc2ccccc2)c(=O)c1=O. The Balaban J connectivity index is 2.09. The Labute approximate surface area is 124 Å². The van der Waals surface area contributed by atoms with Gasteiger partial charge in [-0.1, -0.05) is 18.2 Å². The molecule has 2 aromatic carbocycles. The highest BCUT2D eigenvalue weighted by molar-refractivity contribution is 5.79. The molecule has 0 fully saturated rings. The molecule has 2 aromatic rings. The van der Waals surface area contributed by atoms with Crippen LogP contribution in [0.2, 0.25) is 0 Å². The van der Waals surface area contributed by atoms with E-state index in [0.29, 0.717) is 11.4 Å². The van der Waals surface area contributed by atoms with Crippen molar-refractivity contribution in [1.82, 2.24) is 4.90 Å². The number of para-hydroxylation sites is 1. The van der Waals surface area contributed by atoms with Gasteiger partial charge in [0, 0.05) is 19.3 Å². The first-order valence-corrected chi connectivity index (χ1v) is 7.02. The fourth-order valence-electron chi connectivity index (χ4n) is 2.26. The van der Waals surface area contributed by atoms with E-state index in [-0.39, 0.29) is 0 Å². The van der Waals surface area contributed by atoms with Crippen molar-refractivity contribution in [2.75, 3.05) is 44.4 Å². The summed E-state index contributed by atoms with van der Waals surface area (Å²) in [5, 5.41) is 3.05. The fraction of sp³-hybridized carbons (Fsp3) is 0.375. The molecule has 2 rings (SSSR count). The zero-order valence-corrected chi connectivity index (χ0v) is 12.7. The molecule has 0 saturated carbocycles. The maximum absolute atomic E-state index is 11.8. The number of anilines is 3. The first kappa shape index (κ1) is 15.3. The van der Waals surface area contributed by atoms with Crippen LogP contribution in [0.5, 0.6) is 0 Å². The van der Waals surface area contributed by atoms with Crippen molar-refractivity contribution in [2.45, 2.75) is 6.42 Å². The molecule has 0 radical (unpaired) electrons. The smallest absolute Gasteiger partial charge is 0.253 e. The summed E-state index contributed by atoms with van der Waals surface area (Å²) in [6.07, 6.45) is 0.938. The molecule has 0 bridgehead atoms. The lowest BCUT2D eigenvalue weighted by molar-refractivity contribution is 0.401. The van der Waals surface area contributed by atoms with Crippen LogP contribution in [0.4, 0.5) is 17.1 Å². The van der Waals surface area contributed by atoms with E-state index in [1.165, 1.54) is 0 Å². The number of benzene rings is 1. The quantitative estimate of drug-likeness (QED) is 0.780. The van der Waals surface area contributed by atoms with Crippen LogP contribution in [0.1, 0.15) is 6.42 Å². The second-order valence-corrected chi connectivity index (χ2v) is 5.45. The monoisotopic (exact) mass is 287 g/mol. The largest absolute Gasteiger partial charge is 0.369 e. The van der Waals surface area contributed by atoms with E-state index < -0.39 is 10.9 Å². The molecule has 0 atom stereocenters. The predicted octanol–water partition coefficient (Wildman–Crippen LogP) is 1.41. The van der Waals surface area contributed by atoms with E-state index in [1.54, 1.807) is 0 Å². The van der Waals surface area contributed by atoms with Gasteiger partial charge in [0.05, 0.1) is 0 Å². The van der Waals surface area contributed by atoms with Crippen molar-refractivity contribution < 1.29 is 0 Å². The van der Waals surface area contributed by atoms with E-state index >= 15 is 0 Å². The summed E-state index contributed by atoms with van der Waals surface area (Å²) in [5.74, 6) is 0. The van der Waals surface area contributed by atoms with Gasteiger partial charge in [-0.25, -0.2) is 0 Å². The number of nitrogens with one attached hydrogen (secondary N) is 1. The minimum absolute atomic E-state index is 0.401. The Hall–Kier alpha value is -2.14. The summed E-state index contributed by atoms with van der Waals surface area (Å²) >= 11 is 0. The summed E-state index contributed by atoms with van der Waals surface area (Å²) in [4.78, 5) is 27.5. The Morgan fingerprint density at radius 1 is 0.952 bits per heavy atom. The number of hydrogen-bond donors (Lipinski definition) is 1. The van der Waals surface area contributed by atoms with Gasteiger partial charge in [-0.3, -0.25) is 9.59 Å². The maximum Gasteiger partial charge on any atom is 0.253 e. The standard InChI is InChI=1S/C16H21N3O2/c1-18(2)10-7-11-19(3)14-13(15(20)16(14)21)17-12-8-5-4-6-9-12/h4-6,8-9,17H,7,10-11H2,1-3H3. The molecule has 5 nitrogen and oxygen atoms in total. The average molecular weight is 287 g/mol. The minimum Gasteiger partial charge on any atom is -0.369 e. The van der Waals surface area contributed by atoms with Crippen LogP contribution in [-0.2, 0) is 0 Å². The summed E-state index contributed by atoms with van der Waals surface area (Å²) in [5.41, 5.74) is 0.864. The third-order valence-electron chi connectivity index (χ3n) is 3.41. The molecule has 0 saturated heterocycles. The Bertz CT molecular complexity index is 658. The maximum atomic E-state index is 11.8. The molecule has 0 aliphatic heterocycles. The summed E-state index contributed by atoms with van der Waals surface area (Å²) < 4.78 is 0. The molecule has 0 aliphatic rings. The van der Waals surface area contributed by atoms with Gasteiger partial charge in [0.25, 0.3) is 10.9 Å². The van der Waals surface area contributed by atoms with Crippen molar-refractivity contribution in [3.8, 4) is 0 Å². The van der Waals surface area contributed by atoms with E-state index in [2.05, 4.69) is 10.2 Å². The highest BCUT2D eigenvalue weighted by atomic mass is 16.2. The average Bonchev–Trinajstić information content (AvgIpc) is 2.47. The van der Waals surface area contributed by atoms with Crippen LogP contribution >= 0.6 is 0 Å². The summed E-state index contributed by atoms with van der Waals surface area (Å²) in [6.45, 7) is 1.69. The minimum atomic E-state index is -0.437. The molecule has 0 heterocycles. The van der Waals surface area contributed by atoms with Crippen LogP contribution < -0.4 is 21.1 Å². The molecule has 0 amide bonds. The van der Waals surface area contributed by atoms with Gasteiger partial charge < -0.3 is 15.1 Å². The van der Waals surface area contributed by atoms with Gasteiger partial charge >= 0.3 is 0 Å². The van der Waals surface area contributed by atoms with Gasteiger partial charge in [-0.2, -0.15) is 0 Å². The zero-order valence-electron chi connectivity index (χ0n) is 12.7. The molecule has 0 aliphatic carbocycles. The van der Waals surface area contributed by atoms with Crippen LogP contribution in [0.25, 0.3) is 0 Å². The first-order valence-electron chi connectivity index (χ1n) is 7.02. The zero-order chi connectivity index (χ0) is 15.4. The molecule has 21 heavy (non-hydrogen) atoms. The summed E-state index contributed by atoms with van der Waals surface area (Å²) in [6, 6.07) is 9.41. The van der Waals surface area contributed by atoms with E-state index in [4.69, 9.17) is 0 Å². The van der Waals surface area contributed by atoms with Crippen LogP contribution in [0.15, 0.2) is 39.9 Å². The van der Waals surface area contributed by atoms with Crippen LogP contribution in [0, 0.1) is 0 Å². The van der Waals surface area contributed by atoms with Crippen molar-refractivity contribution in [3.05, 3.63) is 50.8 Å². The molecule has 0 spiro atoms. The van der Waals surface area contributed by atoms with Crippen molar-refractivity contribution in [2.24, 2.45) is 0 Å². The molecule has 0 aromatic heterocycles. The number of hydrogen-bond acceptors (Lipinski definition) is 5.